The Labute approximate surface area is 147 Å². The summed E-state index contributed by atoms with van der Waals surface area (Å²) in [6.45, 7) is 2.10. The Hall–Kier alpha value is -2.54. The van der Waals surface area contributed by atoms with Crippen molar-refractivity contribution in [1.82, 2.24) is 9.88 Å². The second-order valence-corrected chi connectivity index (χ2v) is 7.16. The summed E-state index contributed by atoms with van der Waals surface area (Å²) in [6, 6.07) is 7.83. The van der Waals surface area contributed by atoms with Crippen LogP contribution in [0.4, 0.5) is 9.52 Å². The van der Waals surface area contributed by atoms with Crippen molar-refractivity contribution in [3.05, 3.63) is 36.1 Å². The molecule has 1 unspecified atom stereocenters. The zero-order chi connectivity index (χ0) is 17.6. The van der Waals surface area contributed by atoms with E-state index in [4.69, 9.17) is 0 Å². The van der Waals surface area contributed by atoms with Gasteiger partial charge in [0.2, 0.25) is 11.8 Å². The maximum atomic E-state index is 13.4. The lowest BCUT2D eigenvalue weighted by Gasteiger charge is -2.21. The lowest BCUT2D eigenvalue weighted by atomic mass is 10.1. The van der Waals surface area contributed by atoms with E-state index in [0.717, 1.165) is 27.4 Å². The van der Waals surface area contributed by atoms with E-state index < -0.39 is 6.04 Å². The Morgan fingerprint density at radius 3 is 2.96 bits per heavy atom. The summed E-state index contributed by atoms with van der Waals surface area (Å²) in [5.74, 6) is -0.576. The minimum Gasteiger partial charge on any atom is -0.331 e. The van der Waals surface area contributed by atoms with Gasteiger partial charge in [-0.25, -0.2) is 9.37 Å². The first-order chi connectivity index (χ1) is 12.0. The molecular formula is C18H16FN3O2S. The van der Waals surface area contributed by atoms with E-state index in [1.54, 1.807) is 11.0 Å². The van der Waals surface area contributed by atoms with Gasteiger partial charge in [0.1, 0.15) is 11.9 Å². The van der Waals surface area contributed by atoms with Gasteiger partial charge >= 0.3 is 0 Å². The molecule has 128 valence electrons. The molecule has 4 rings (SSSR count). The minimum absolute atomic E-state index is 0.0880. The second kappa shape index (κ2) is 6.07. The van der Waals surface area contributed by atoms with Crippen LogP contribution in [-0.2, 0) is 9.59 Å². The van der Waals surface area contributed by atoms with Crippen LogP contribution in [0, 0.1) is 5.82 Å². The fraction of sp³-hybridized carbons (Fsp3) is 0.278. The number of amides is 2. The topological polar surface area (TPSA) is 62.3 Å². The molecule has 2 heterocycles. The number of rotatable bonds is 2. The Bertz CT molecular complexity index is 1000. The highest BCUT2D eigenvalue weighted by molar-refractivity contribution is 7.23. The number of benzene rings is 2. The first-order valence-corrected chi connectivity index (χ1v) is 8.91. The van der Waals surface area contributed by atoms with Crippen LogP contribution in [-0.4, -0.2) is 34.3 Å². The van der Waals surface area contributed by atoms with Gasteiger partial charge in [-0.05, 0) is 42.5 Å². The number of anilines is 1. The Balaban J connectivity index is 1.65. The maximum absolute atomic E-state index is 13.4. The van der Waals surface area contributed by atoms with E-state index in [1.165, 1.54) is 30.4 Å². The molecule has 1 aliphatic rings. The van der Waals surface area contributed by atoms with Gasteiger partial charge in [0.15, 0.2) is 5.13 Å². The van der Waals surface area contributed by atoms with E-state index in [-0.39, 0.29) is 17.6 Å². The van der Waals surface area contributed by atoms with Gasteiger partial charge in [-0.3, -0.25) is 9.59 Å². The van der Waals surface area contributed by atoms with Crippen LogP contribution < -0.4 is 5.32 Å². The number of carbonyl (C=O) groups excluding carboxylic acids is 2. The molecule has 1 aromatic heterocycles. The monoisotopic (exact) mass is 357 g/mol. The average Bonchev–Trinajstić information content (AvgIpc) is 3.20. The maximum Gasteiger partial charge on any atom is 0.248 e. The molecule has 3 aromatic rings. The van der Waals surface area contributed by atoms with Gasteiger partial charge in [-0.2, -0.15) is 0 Å². The molecule has 0 saturated carbocycles. The van der Waals surface area contributed by atoms with Crippen molar-refractivity contribution in [2.45, 2.75) is 25.8 Å². The zero-order valence-corrected chi connectivity index (χ0v) is 14.4. The number of thiazole rings is 1. The van der Waals surface area contributed by atoms with Gasteiger partial charge < -0.3 is 10.2 Å². The predicted molar refractivity (Wildman–Crippen MR) is 96.1 cm³/mol. The SMILES string of the molecule is CC(=O)N1CCCC1C(=O)Nc1nc2ccc3cc(F)ccc3c2s1. The number of aromatic nitrogens is 1. The molecule has 1 fully saturated rings. The summed E-state index contributed by atoms with van der Waals surface area (Å²) in [6.07, 6.45) is 1.49. The molecule has 2 amide bonds. The third-order valence-electron chi connectivity index (χ3n) is 4.52. The van der Waals surface area contributed by atoms with Crippen LogP contribution >= 0.6 is 11.3 Å². The molecular weight excluding hydrogens is 341 g/mol. The number of carbonyl (C=O) groups is 2. The van der Waals surface area contributed by atoms with Crippen molar-refractivity contribution in [3.8, 4) is 0 Å². The van der Waals surface area contributed by atoms with Gasteiger partial charge in [0.05, 0.1) is 10.2 Å². The highest BCUT2D eigenvalue weighted by Gasteiger charge is 2.32. The molecule has 2 aromatic carbocycles. The Kier molecular flexibility index (Phi) is 3.88. The summed E-state index contributed by atoms with van der Waals surface area (Å²) in [7, 11) is 0. The summed E-state index contributed by atoms with van der Waals surface area (Å²) in [5.41, 5.74) is 0.759. The van der Waals surface area contributed by atoms with Gasteiger partial charge in [0.25, 0.3) is 0 Å². The van der Waals surface area contributed by atoms with Crippen LogP contribution in [0.25, 0.3) is 21.0 Å². The Morgan fingerprint density at radius 1 is 1.32 bits per heavy atom. The quantitative estimate of drug-likeness (QED) is 0.763. The number of hydrogen-bond acceptors (Lipinski definition) is 4. The average molecular weight is 357 g/mol. The molecule has 0 aliphatic carbocycles. The summed E-state index contributed by atoms with van der Waals surface area (Å²) < 4.78 is 14.3. The number of nitrogens with zero attached hydrogens (tertiary/aromatic N) is 2. The normalized spacial score (nSPS) is 17.4. The molecule has 1 N–H and O–H groups in total. The Morgan fingerprint density at radius 2 is 2.16 bits per heavy atom. The van der Waals surface area contributed by atoms with Crippen LogP contribution in [0.1, 0.15) is 19.8 Å². The van der Waals surface area contributed by atoms with E-state index in [0.29, 0.717) is 18.1 Å². The largest absolute Gasteiger partial charge is 0.331 e. The molecule has 0 bridgehead atoms. The standard InChI is InChI=1S/C18H16FN3O2S/c1-10(23)22-8-2-3-15(22)17(24)21-18-20-14-7-4-11-9-12(19)5-6-13(11)16(14)25-18/h4-7,9,15H,2-3,8H2,1H3,(H,20,21,24). The van der Waals surface area contributed by atoms with Crippen molar-refractivity contribution in [2.24, 2.45) is 0 Å². The van der Waals surface area contributed by atoms with Crippen LogP contribution in [0.2, 0.25) is 0 Å². The van der Waals surface area contributed by atoms with E-state index in [2.05, 4.69) is 10.3 Å². The highest BCUT2D eigenvalue weighted by atomic mass is 32.1. The van der Waals surface area contributed by atoms with Crippen LogP contribution in [0.15, 0.2) is 30.3 Å². The minimum atomic E-state index is -0.435. The van der Waals surface area contributed by atoms with Crippen molar-refractivity contribution >= 4 is 49.3 Å². The highest BCUT2D eigenvalue weighted by Crippen LogP contribution is 2.33. The van der Waals surface area contributed by atoms with Gasteiger partial charge in [-0.1, -0.05) is 17.4 Å². The molecule has 0 radical (unpaired) electrons. The van der Waals surface area contributed by atoms with E-state index in [1.807, 2.05) is 12.1 Å². The molecule has 7 heteroatoms. The predicted octanol–water partition coefficient (Wildman–Crippen LogP) is 3.54. The lowest BCUT2D eigenvalue weighted by molar-refractivity contribution is -0.134. The summed E-state index contributed by atoms with van der Waals surface area (Å²) >= 11 is 1.36. The van der Waals surface area contributed by atoms with Crippen molar-refractivity contribution in [3.63, 3.8) is 0 Å². The number of likely N-dealkylation sites (tertiary alicyclic amines) is 1. The zero-order valence-electron chi connectivity index (χ0n) is 13.6. The lowest BCUT2D eigenvalue weighted by Crippen LogP contribution is -2.42. The third-order valence-corrected chi connectivity index (χ3v) is 5.54. The number of fused-ring (bicyclic) bond motifs is 3. The number of nitrogens with one attached hydrogen (secondary N) is 1. The van der Waals surface area contributed by atoms with Crippen molar-refractivity contribution < 1.29 is 14.0 Å². The summed E-state index contributed by atoms with van der Waals surface area (Å²) in [4.78, 5) is 30.2. The smallest absolute Gasteiger partial charge is 0.248 e. The van der Waals surface area contributed by atoms with E-state index >= 15 is 0 Å². The van der Waals surface area contributed by atoms with Gasteiger partial charge in [-0.15, -0.1) is 0 Å². The number of halogens is 1. The molecule has 0 spiro atoms. The molecule has 25 heavy (non-hydrogen) atoms. The van der Waals surface area contributed by atoms with E-state index in [9.17, 15) is 14.0 Å². The van der Waals surface area contributed by atoms with Crippen molar-refractivity contribution in [1.29, 1.82) is 0 Å². The fourth-order valence-electron chi connectivity index (χ4n) is 3.34. The molecule has 1 saturated heterocycles. The van der Waals surface area contributed by atoms with Gasteiger partial charge in [0, 0.05) is 18.9 Å². The molecule has 1 aliphatic heterocycles. The van der Waals surface area contributed by atoms with Crippen LogP contribution in [0.5, 0.6) is 0 Å². The number of hydrogen-bond donors (Lipinski definition) is 1. The summed E-state index contributed by atoms with van der Waals surface area (Å²) in [5, 5.41) is 5.03. The first kappa shape index (κ1) is 16.0. The first-order valence-electron chi connectivity index (χ1n) is 8.10. The molecule has 5 nitrogen and oxygen atoms in total. The van der Waals surface area contributed by atoms with Crippen LogP contribution in [0.3, 0.4) is 0 Å². The third kappa shape index (κ3) is 2.84. The molecule has 1 atom stereocenters. The van der Waals surface area contributed by atoms with Crippen molar-refractivity contribution in [2.75, 3.05) is 11.9 Å². The fourth-order valence-corrected chi connectivity index (χ4v) is 4.35. The second-order valence-electron chi connectivity index (χ2n) is 6.16.